The predicted octanol–water partition coefficient (Wildman–Crippen LogP) is 3.41. The van der Waals surface area contributed by atoms with Crippen LogP contribution < -0.4 is 0 Å². The first-order valence-electron chi connectivity index (χ1n) is 5.20. The number of hydrogen-bond acceptors (Lipinski definition) is 1. The van der Waals surface area contributed by atoms with Crippen molar-refractivity contribution in [2.45, 2.75) is 40.0 Å². The summed E-state index contributed by atoms with van der Waals surface area (Å²) in [5.41, 5.74) is 2.09. The predicted molar refractivity (Wildman–Crippen MR) is 56.8 cm³/mol. The quantitative estimate of drug-likeness (QED) is 0.595. The molecule has 0 aromatic rings. The zero-order valence-electron chi connectivity index (χ0n) is 9.39. The van der Waals surface area contributed by atoms with Crippen LogP contribution in [0.3, 0.4) is 0 Å². The van der Waals surface area contributed by atoms with Crippen molar-refractivity contribution >= 4 is 0 Å². The van der Waals surface area contributed by atoms with Crippen LogP contribution in [0.2, 0.25) is 0 Å². The molecule has 76 valence electrons. The molecule has 1 atom stereocenters. The lowest BCUT2D eigenvalue weighted by molar-refractivity contribution is 0.219. The summed E-state index contributed by atoms with van der Waals surface area (Å²) in [6, 6.07) is 0. The third kappa shape index (κ3) is 3.51. The van der Waals surface area contributed by atoms with Crippen LogP contribution in [0.1, 0.15) is 40.0 Å². The molecule has 1 saturated carbocycles. The van der Waals surface area contributed by atoms with Crippen molar-refractivity contribution in [3.05, 3.63) is 11.6 Å². The molecule has 1 aliphatic carbocycles. The molecule has 0 saturated heterocycles. The molecule has 1 nitrogen and oxygen atoms in total. The van der Waals surface area contributed by atoms with Gasteiger partial charge in [-0.3, -0.25) is 0 Å². The van der Waals surface area contributed by atoms with Crippen molar-refractivity contribution < 1.29 is 4.74 Å². The standard InChI is InChI=1S/C12H22O/c1-10-7-11(5-6-13-4)9-12(2,3)8-10/h5,10H,6-9H2,1-4H3/b11-5+. The van der Waals surface area contributed by atoms with E-state index in [4.69, 9.17) is 4.74 Å². The van der Waals surface area contributed by atoms with Gasteiger partial charge in [0.25, 0.3) is 0 Å². The van der Waals surface area contributed by atoms with Crippen LogP contribution in [-0.2, 0) is 4.74 Å². The van der Waals surface area contributed by atoms with Crippen LogP contribution in [0.5, 0.6) is 0 Å². The first kappa shape index (κ1) is 10.8. The average molecular weight is 182 g/mol. The van der Waals surface area contributed by atoms with Gasteiger partial charge in [0, 0.05) is 7.11 Å². The van der Waals surface area contributed by atoms with Gasteiger partial charge in [0.1, 0.15) is 0 Å². The summed E-state index contributed by atoms with van der Waals surface area (Å²) in [5.74, 6) is 0.840. The van der Waals surface area contributed by atoms with Gasteiger partial charge in [-0.2, -0.15) is 0 Å². The molecule has 0 aliphatic heterocycles. The first-order valence-corrected chi connectivity index (χ1v) is 5.20. The Morgan fingerprint density at radius 3 is 2.77 bits per heavy atom. The Kier molecular flexibility index (Phi) is 3.55. The van der Waals surface area contributed by atoms with Crippen LogP contribution >= 0.6 is 0 Å². The van der Waals surface area contributed by atoms with Gasteiger partial charge in [-0.25, -0.2) is 0 Å². The van der Waals surface area contributed by atoms with E-state index >= 15 is 0 Å². The molecular weight excluding hydrogens is 160 g/mol. The summed E-state index contributed by atoms with van der Waals surface area (Å²) in [4.78, 5) is 0. The summed E-state index contributed by atoms with van der Waals surface area (Å²) in [5, 5.41) is 0. The fourth-order valence-corrected chi connectivity index (χ4v) is 2.58. The maximum Gasteiger partial charge on any atom is 0.0646 e. The van der Waals surface area contributed by atoms with Crippen molar-refractivity contribution in [2.75, 3.05) is 13.7 Å². The van der Waals surface area contributed by atoms with Gasteiger partial charge >= 0.3 is 0 Å². The number of rotatable bonds is 2. The molecule has 0 N–H and O–H groups in total. The van der Waals surface area contributed by atoms with Crippen molar-refractivity contribution in [3.63, 3.8) is 0 Å². The molecule has 1 rings (SSSR count). The summed E-state index contributed by atoms with van der Waals surface area (Å²) in [7, 11) is 1.76. The third-order valence-corrected chi connectivity index (χ3v) is 2.76. The monoisotopic (exact) mass is 182 g/mol. The normalized spacial score (nSPS) is 30.8. The molecule has 0 spiro atoms. The van der Waals surface area contributed by atoms with Crippen molar-refractivity contribution in [1.29, 1.82) is 0 Å². The number of allylic oxidation sites excluding steroid dienone is 1. The van der Waals surface area contributed by atoms with Gasteiger partial charge in [-0.05, 0) is 30.6 Å². The van der Waals surface area contributed by atoms with Crippen LogP contribution in [-0.4, -0.2) is 13.7 Å². The van der Waals surface area contributed by atoms with E-state index < -0.39 is 0 Å². The van der Waals surface area contributed by atoms with Crippen LogP contribution in [0, 0.1) is 11.3 Å². The Balaban J connectivity index is 2.57. The highest BCUT2D eigenvalue weighted by molar-refractivity contribution is 5.09. The smallest absolute Gasteiger partial charge is 0.0646 e. The summed E-state index contributed by atoms with van der Waals surface area (Å²) in [6.07, 6.45) is 6.14. The van der Waals surface area contributed by atoms with Gasteiger partial charge in [-0.1, -0.05) is 32.4 Å². The van der Waals surface area contributed by atoms with E-state index in [0.29, 0.717) is 5.41 Å². The van der Waals surface area contributed by atoms with E-state index in [2.05, 4.69) is 26.8 Å². The lowest BCUT2D eigenvalue weighted by Crippen LogP contribution is -2.22. The second-order valence-electron chi connectivity index (χ2n) is 5.17. The second kappa shape index (κ2) is 4.28. The highest BCUT2D eigenvalue weighted by Crippen LogP contribution is 2.41. The molecule has 0 radical (unpaired) electrons. The minimum absolute atomic E-state index is 0.497. The van der Waals surface area contributed by atoms with Crippen molar-refractivity contribution in [2.24, 2.45) is 11.3 Å². The zero-order valence-corrected chi connectivity index (χ0v) is 9.39. The number of methoxy groups -OCH3 is 1. The average Bonchev–Trinajstić information content (AvgIpc) is 1.97. The molecule has 0 heterocycles. The zero-order chi connectivity index (χ0) is 9.90. The lowest BCUT2D eigenvalue weighted by atomic mass is 9.70. The highest BCUT2D eigenvalue weighted by atomic mass is 16.5. The van der Waals surface area contributed by atoms with Gasteiger partial charge < -0.3 is 4.74 Å². The fourth-order valence-electron chi connectivity index (χ4n) is 2.58. The minimum atomic E-state index is 0.497. The SMILES string of the molecule is COC/C=C1\CC(C)CC(C)(C)C1. The number of ether oxygens (including phenoxy) is 1. The Labute approximate surface area is 82.2 Å². The van der Waals surface area contributed by atoms with E-state index in [1.54, 1.807) is 12.7 Å². The molecule has 0 amide bonds. The van der Waals surface area contributed by atoms with Crippen LogP contribution in [0.4, 0.5) is 0 Å². The molecule has 1 unspecified atom stereocenters. The van der Waals surface area contributed by atoms with Gasteiger partial charge in [0.15, 0.2) is 0 Å². The molecular formula is C12H22O. The maximum atomic E-state index is 5.07. The maximum absolute atomic E-state index is 5.07. The van der Waals surface area contributed by atoms with Crippen molar-refractivity contribution in [1.82, 2.24) is 0 Å². The van der Waals surface area contributed by atoms with E-state index in [1.165, 1.54) is 19.3 Å². The Morgan fingerprint density at radius 2 is 2.23 bits per heavy atom. The minimum Gasteiger partial charge on any atom is -0.381 e. The largest absolute Gasteiger partial charge is 0.381 e. The van der Waals surface area contributed by atoms with Gasteiger partial charge in [0.05, 0.1) is 6.61 Å². The molecule has 1 heteroatoms. The summed E-state index contributed by atoms with van der Waals surface area (Å²) >= 11 is 0. The Bertz CT molecular complexity index is 191. The van der Waals surface area contributed by atoms with E-state index in [-0.39, 0.29) is 0 Å². The topological polar surface area (TPSA) is 9.23 Å². The van der Waals surface area contributed by atoms with Crippen LogP contribution in [0.15, 0.2) is 11.6 Å². The lowest BCUT2D eigenvalue weighted by Gasteiger charge is -2.35. The van der Waals surface area contributed by atoms with Crippen molar-refractivity contribution in [3.8, 4) is 0 Å². The summed E-state index contributed by atoms with van der Waals surface area (Å²) < 4.78 is 5.07. The van der Waals surface area contributed by atoms with E-state index in [1.807, 2.05) is 0 Å². The van der Waals surface area contributed by atoms with Gasteiger partial charge in [0.2, 0.25) is 0 Å². The Morgan fingerprint density at radius 1 is 1.54 bits per heavy atom. The molecule has 0 aromatic carbocycles. The molecule has 1 fully saturated rings. The van der Waals surface area contributed by atoms with E-state index in [0.717, 1.165) is 12.5 Å². The fraction of sp³-hybridized carbons (Fsp3) is 0.833. The third-order valence-electron chi connectivity index (χ3n) is 2.76. The Hall–Kier alpha value is -0.300. The van der Waals surface area contributed by atoms with Crippen LogP contribution in [0.25, 0.3) is 0 Å². The summed E-state index contributed by atoms with van der Waals surface area (Å²) in [6.45, 7) is 7.85. The highest BCUT2D eigenvalue weighted by Gasteiger charge is 2.27. The second-order valence-corrected chi connectivity index (χ2v) is 5.17. The van der Waals surface area contributed by atoms with E-state index in [9.17, 15) is 0 Å². The molecule has 13 heavy (non-hydrogen) atoms. The first-order chi connectivity index (χ1) is 6.03. The number of hydrogen-bond donors (Lipinski definition) is 0. The molecule has 0 aromatic heterocycles. The molecule has 0 bridgehead atoms. The molecule has 1 aliphatic rings. The van der Waals surface area contributed by atoms with Gasteiger partial charge in [-0.15, -0.1) is 0 Å².